The van der Waals surface area contributed by atoms with Crippen LogP contribution in [0.5, 0.6) is 0 Å². The van der Waals surface area contributed by atoms with E-state index < -0.39 is 0 Å². The molecule has 0 spiro atoms. The Morgan fingerprint density at radius 3 is 2.50 bits per heavy atom. The van der Waals surface area contributed by atoms with Gasteiger partial charge in [-0.25, -0.2) is 4.79 Å². The third-order valence-corrected chi connectivity index (χ3v) is 7.99. The van der Waals surface area contributed by atoms with Crippen LogP contribution in [0.15, 0.2) is 68.6 Å². The fourth-order valence-electron chi connectivity index (χ4n) is 5.00. The summed E-state index contributed by atoms with van der Waals surface area (Å²) in [4.78, 5) is 27.1. The van der Waals surface area contributed by atoms with Crippen molar-refractivity contribution in [3.63, 3.8) is 0 Å². The summed E-state index contributed by atoms with van der Waals surface area (Å²) < 4.78 is 8.10. The summed E-state index contributed by atoms with van der Waals surface area (Å²) in [5, 5.41) is 2.44. The standard InChI is InChI=1S/C27H21NO3S/c29-23-13-19(12-18-6-3-5-15-4-1-2-7-20(15)18)24(17-10-11-17)26-28(23)25-22(32-26)14-21(16-8-9-16)31-27(25)30/h1-7,13-14,16-17H,8-12H2. The van der Waals surface area contributed by atoms with Gasteiger partial charge in [0.2, 0.25) is 0 Å². The minimum atomic E-state index is -0.388. The van der Waals surface area contributed by atoms with Crippen LogP contribution in [0.2, 0.25) is 0 Å². The van der Waals surface area contributed by atoms with Gasteiger partial charge in [-0.2, -0.15) is 0 Å². The van der Waals surface area contributed by atoms with Crippen molar-refractivity contribution in [1.82, 2.24) is 4.40 Å². The predicted molar refractivity (Wildman–Crippen MR) is 128 cm³/mol. The topological polar surface area (TPSA) is 51.7 Å². The summed E-state index contributed by atoms with van der Waals surface area (Å²) in [7, 11) is 0. The van der Waals surface area contributed by atoms with Crippen molar-refractivity contribution in [2.24, 2.45) is 0 Å². The maximum absolute atomic E-state index is 13.3. The highest BCUT2D eigenvalue weighted by atomic mass is 32.1. The maximum Gasteiger partial charge on any atom is 0.362 e. The van der Waals surface area contributed by atoms with Crippen molar-refractivity contribution in [2.75, 3.05) is 0 Å². The molecule has 0 unspecified atom stereocenters. The Balaban J connectivity index is 1.48. The summed E-state index contributed by atoms with van der Waals surface area (Å²) in [5.74, 6) is 1.59. The Labute approximate surface area is 187 Å². The molecule has 32 heavy (non-hydrogen) atoms. The molecule has 158 valence electrons. The van der Waals surface area contributed by atoms with Gasteiger partial charge in [0.05, 0.1) is 4.70 Å². The SMILES string of the molecule is O=c1oc(C2CC2)cc2sc3c(C4CC4)c(Cc4cccc5ccccc45)cc(=O)n3c12. The molecule has 3 heterocycles. The first-order chi connectivity index (χ1) is 15.7. The highest BCUT2D eigenvalue weighted by Crippen LogP contribution is 2.46. The lowest BCUT2D eigenvalue weighted by molar-refractivity contribution is 0.467. The summed E-state index contributed by atoms with van der Waals surface area (Å²) in [6.07, 6.45) is 5.12. The third kappa shape index (κ3) is 2.81. The predicted octanol–water partition coefficient (Wildman–Crippen LogP) is 5.97. The highest BCUT2D eigenvalue weighted by Gasteiger charge is 2.32. The normalized spacial score (nSPS) is 16.4. The highest BCUT2D eigenvalue weighted by molar-refractivity contribution is 7.24. The Morgan fingerprint density at radius 2 is 1.69 bits per heavy atom. The lowest BCUT2D eigenvalue weighted by Crippen LogP contribution is -2.18. The summed E-state index contributed by atoms with van der Waals surface area (Å²) >= 11 is 1.58. The molecule has 0 saturated heterocycles. The van der Waals surface area contributed by atoms with Gasteiger partial charge in [0, 0.05) is 12.0 Å². The Hall–Kier alpha value is -3.18. The molecule has 0 atom stereocenters. The van der Waals surface area contributed by atoms with E-state index in [1.54, 1.807) is 21.8 Å². The van der Waals surface area contributed by atoms with Crippen molar-refractivity contribution in [3.8, 4) is 0 Å². The first-order valence-electron chi connectivity index (χ1n) is 11.3. The van der Waals surface area contributed by atoms with Crippen LogP contribution in [0.1, 0.15) is 60.0 Å². The molecule has 0 N–H and O–H groups in total. The Bertz CT molecular complexity index is 1660. The minimum absolute atomic E-state index is 0.141. The molecule has 4 nitrogen and oxygen atoms in total. The van der Waals surface area contributed by atoms with Gasteiger partial charge in [-0.05, 0) is 71.6 Å². The zero-order valence-electron chi connectivity index (χ0n) is 17.5. The van der Waals surface area contributed by atoms with Crippen molar-refractivity contribution in [2.45, 2.75) is 43.9 Å². The van der Waals surface area contributed by atoms with Crippen molar-refractivity contribution in [3.05, 3.63) is 97.8 Å². The van der Waals surface area contributed by atoms with Crippen LogP contribution >= 0.6 is 11.3 Å². The molecule has 5 heteroatoms. The summed E-state index contributed by atoms with van der Waals surface area (Å²) in [6.45, 7) is 0. The number of rotatable bonds is 4. The molecule has 0 bridgehead atoms. The van der Waals surface area contributed by atoms with Crippen LogP contribution in [0, 0.1) is 0 Å². The second-order valence-corrected chi connectivity index (χ2v) is 10.2. The smallest absolute Gasteiger partial charge is 0.362 e. The molecular formula is C27H21NO3S. The summed E-state index contributed by atoms with van der Waals surface area (Å²) in [5.41, 5.74) is 3.43. The number of hydrogen-bond donors (Lipinski definition) is 0. The number of thiazole rings is 1. The molecule has 7 rings (SSSR count). The average molecular weight is 440 g/mol. The monoisotopic (exact) mass is 439 g/mol. The van der Waals surface area contributed by atoms with Gasteiger partial charge in [-0.3, -0.25) is 9.20 Å². The Kier molecular flexibility index (Phi) is 3.83. The molecule has 0 radical (unpaired) electrons. The quantitative estimate of drug-likeness (QED) is 0.347. The lowest BCUT2D eigenvalue weighted by atomic mass is 9.95. The van der Waals surface area contributed by atoms with Crippen LogP contribution in [0.25, 0.3) is 25.8 Å². The van der Waals surface area contributed by atoms with Gasteiger partial charge in [0.15, 0.2) is 5.52 Å². The Morgan fingerprint density at radius 1 is 0.906 bits per heavy atom. The molecule has 3 aromatic heterocycles. The molecule has 2 aliphatic carbocycles. The van der Waals surface area contributed by atoms with Crippen molar-refractivity contribution < 1.29 is 4.42 Å². The number of hydrogen-bond acceptors (Lipinski definition) is 4. The number of fused-ring (bicyclic) bond motifs is 4. The minimum Gasteiger partial charge on any atom is -0.426 e. The second kappa shape index (κ2) is 6.66. The van der Waals surface area contributed by atoms with E-state index in [1.807, 2.05) is 6.07 Å². The van der Waals surface area contributed by atoms with Crippen LogP contribution < -0.4 is 11.2 Å². The zero-order valence-corrected chi connectivity index (χ0v) is 18.3. The molecule has 2 aliphatic rings. The lowest BCUT2D eigenvalue weighted by Gasteiger charge is -2.12. The first kappa shape index (κ1) is 18.4. The van der Waals surface area contributed by atoms with E-state index >= 15 is 0 Å². The number of aromatic nitrogens is 1. The van der Waals surface area contributed by atoms with Gasteiger partial charge in [0.1, 0.15) is 10.6 Å². The molecule has 5 aromatic rings. The van der Waals surface area contributed by atoms with Crippen molar-refractivity contribution >= 4 is 37.2 Å². The van der Waals surface area contributed by atoms with Crippen LogP contribution in [0.3, 0.4) is 0 Å². The van der Waals surface area contributed by atoms with E-state index in [0.29, 0.717) is 17.4 Å². The van der Waals surface area contributed by atoms with Crippen LogP contribution in [-0.4, -0.2) is 4.40 Å². The third-order valence-electron chi connectivity index (χ3n) is 6.86. The van der Waals surface area contributed by atoms with E-state index in [4.69, 9.17) is 4.42 Å². The number of pyridine rings is 1. The molecule has 2 saturated carbocycles. The molecule has 2 aromatic carbocycles. The van der Waals surface area contributed by atoms with Gasteiger partial charge in [-0.1, -0.05) is 42.5 Å². The number of benzene rings is 2. The molecule has 0 aliphatic heterocycles. The van der Waals surface area contributed by atoms with E-state index in [9.17, 15) is 9.59 Å². The fraction of sp³-hybridized carbons (Fsp3) is 0.259. The molecule has 0 amide bonds. The first-order valence-corrected chi connectivity index (χ1v) is 12.1. The van der Waals surface area contributed by atoms with Gasteiger partial charge in [0.25, 0.3) is 5.56 Å². The van der Waals surface area contributed by atoms with Gasteiger partial charge < -0.3 is 4.42 Å². The zero-order chi connectivity index (χ0) is 21.4. The van der Waals surface area contributed by atoms with Gasteiger partial charge >= 0.3 is 5.63 Å². The summed E-state index contributed by atoms with van der Waals surface area (Å²) in [6, 6.07) is 18.5. The van der Waals surface area contributed by atoms with E-state index in [2.05, 4.69) is 42.5 Å². The van der Waals surface area contributed by atoms with Crippen LogP contribution in [-0.2, 0) is 6.42 Å². The van der Waals surface area contributed by atoms with E-state index in [0.717, 1.165) is 53.0 Å². The maximum atomic E-state index is 13.3. The number of nitrogens with zero attached hydrogens (tertiary/aromatic N) is 1. The largest absolute Gasteiger partial charge is 0.426 e. The van der Waals surface area contributed by atoms with E-state index in [-0.39, 0.29) is 11.2 Å². The van der Waals surface area contributed by atoms with Gasteiger partial charge in [-0.15, -0.1) is 11.3 Å². The van der Waals surface area contributed by atoms with Crippen molar-refractivity contribution in [1.29, 1.82) is 0 Å². The van der Waals surface area contributed by atoms with Crippen LogP contribution in [0.4, 0.5) is 0 Å². The molecule has 2 fully saturated rings. The molecular weight excluding hydrogens is 418 g/mol. The van der Waals surface area contributed by atoms with E-state index in [1.165, 1.54) is 21.9 Å². The average Bonchev–Trinajstić information content (AvgIpc) is 3.71. The second-order valence-electron chi connectivity index (χ2n) is 9.18. The fourth-order valence-corrected chi connectivity index (χ4v) is 6.34.